The molecule has 0 amide bonds. The summed E-state index contributed by atoms with van der Waals surface area (Å²) in [5.74, 6) is 0.460. The highest BCUT2D eigenvalue weighted by Crippen LogP contribution is 2.36. The van der Waals surface area contributed by atoms with Gasteiger partial charge in [0.1, 0.15) is 5.75 Å². The van der Waals surface area contributed by atoms with Crippen molar-refractivity contribution in [3.05, 3.63) is 29.3 Å². The number of halogens is 3. The fourth-order valence-electron chi connectivity index (χ4n) is 1.60. The summed E-state index contributed by atoms with van der Waals surface area (Å²) in [6, 6.07) is 3.05. The maximum atomic E-state index is 12.4. The molecule has 1 aromatic carbocycles. The van der Waals surface area contributed by atoms with Gasteiger partial charge in [-0.15, -0.1) is 0 Å². The van der Waals surface area contributed by atoms with Crippen molar-refractivity contribution in [1.29, 1.82) is 0 Å². The summed E-state index contributed by atoms with van der Waals surface area (Å²) in [4.78, 5) is 0. The molecule has 1 heterocycles. The summed E-state index contributed by atoms with van der Waals surface area (Å²) in [6.45, 7) is 0.458. The third kappa shape index (κ3) is 1.92. The van der Waals surface area contributed by atoms with Crippen LogP contribution < -0.4 is 10.5 Å². The van der Waals surface area contributed by atoms with Crippen LogP contribution in [0.1, 0.15) is 23.6 Å². The van der Waals surface area contributed by atoms with E-state index in [-0.39, 0.29) is 6.04 Å². The fraction of sp³-hybridized carbons (Fsp3) is 0.400. The van der Waals surface area contributed by atoms with Crippen molar-refractivity contribution in [1.82, 2.24) is 0 Å². The lowest BCUT2D eigenvalue weighted by Crippen LogP contribution is -2.21. The lowest BCUT2D eigenvalue weighted by Gasteiger charge is -2.23. The molecule has 1 aliphatic heterocycles. The van der Waals surface area contributed by atoms with Gasteiger partial charge in [0, 0.05) is 18.0 Å². The second-order valence-corrected chi connectivity index (χ2v) is 3.49. The largest absolute Gasteiger partial charge is 0.493 e. The van der Waals surface area contributed by atoms with Gasteiger partial charge in [0.2, 0.25) is 0 Å². The van der Waals surface area contributed by atoms with Crippen LogP contribution in [0.3, 0.4) is 0 Å². The normalized spacial score (nSPS) is 20.7. The highest BCUT2D eigenvalue weighted by molar-refractivity contribution is 5.41. The van der Waals surface area contributed by atoms with E-state index in [0.717, 1.165) is 12.1 Å². The monoisotopic (exact) mass is 217 g/mol. The van der Waals surface area contributed by atoms with Gasteiger partial charge in [0.05, 0.1) is 12.2 Å². The molecule has 15 heavy (non-hydrogen) atoms. The Balaban J connectivity index is 2.44. The molecule has 2 rings (SSSR count). The molecule has 0 aromatic heterocycles. The fourth-order valence-corrected chi connectivity index (χ4v) is 1.60. The molecule has 1 aliphatic rings. The summed E-state index contributed by atoms with van der Waals surface area (Å²) in [5, 5.41) is 0. The van der Waals surface area contributed by atoms with E-state index >= 15 is 0 Å². The van der Waals surface area contributed by atoms with E-state index in [2.05, 4.69) is 0 Å². The van der Waals surface area contributed by atoms with Crippen LogP contribution in [0, 0.1) is 0 Å². The van der Waals surface area contributed by atoms with Crippen LogP contribution in [0.15, 0.2) is 18.2 Å². The predicted molar refractivity (Wildman–Crippen MR) is 48.5 cm³/mol. The van der Waals surface area contributed by atoms with E-state index < -0.39 is 11.7 Å². The molecule has 5 heteroatoms. The van der Waals surface area contributed by atoms with E-state index in [9.17, 15) is 13.2 Å². The first kappa shape index (κ1) is 10.3. The number of hydrogen-bond donors (Lipinski definition) is 1. The quantitative estimate of drug-likeness (QED) is 0.724. The Kier molecular flexibility index (Phi) is 2.34. The van der Waals surface area contributed by atoms with Gasteiger partial charge in [-0.25, -0.2) is 0 Å². The van der Waals surface area contributed by atoms with Gasteiger partial charge in [-0.1, -0.05) is 0 Å². The molecule has 0 saturated heterocycles. The molecule has 0 radical (unpaired) electrons. The Bertz CT molecular complexity index is 375. The van der Waals surface area contributed by atoms with Crippen LogP contribution in [0.4, 0.5) is 13.2 Å². The van der Waals surface area contributed by atoms with Crippen LogP contribution in [-0.4, -0.2) is 6.61 Å². The lowest BCUT2D eigenvalue weighted by molar-refractivity contribution is -0.137. The first-order chi connectivity index (χ1) is 6.98. The van der Waals surface area contributed by atoms with E-state index in [1.165, 1.54) is 6.07 Å². The molecule has 2 nitrogen and oxygen atoms in total. The average molecular weight is 217 g/mol. The van der Waals surface area contributed by atoms with Crippen molar-refractivity contribution < 1.29 is 17.9 Å². The van der Waals surface area contributed by atoms with E-state index in [1.54, 1.807) is 0 Å². The summed E-state index contributed by atoms with van der Waals surface area (Å²) >= 11 is 0. The van der Waals surface area contributed by atoms with E-state index in [1.807, 2.05) is 0 Å². The maximum Gasteiger partial charge on any atom is 0.416 e. The van der Waals surface area contributed by atoms with Gasteiger partial charge < -0.3 is 10.5 Å². The van der Waals surface area contributed by atoms with Crippen LogP contribution in [0.2, 0.25) is 0 Å². The second kappa shape index (κ2) is 3.41. The molecule has 0 spiro atoms. The first-order valence-electron chi connectivity index (χ1n) is 4.58. The van der Waals surface area contributed by atoms with Gasteiger partial charge >= 0.3 is 6.18 Å². The summed E-state index contributed by atoms with van der Waals surface area (Å²) in [6.07, 6.45) is -3.78. The minimum Gasteiger partial charge on any atom is -0.493 e. The molecule has 82 valence electrons. The number of alkyl halides is 3. The van der Waals surface area contributed by atoms with Crippen molar-refractivity contribution in [3.8, 4) is 5.75 Å². The van der Waals surface area contributed by atoms with Crippen molar-refractivity contribution in [2.75, 3.05) is 6.61 Å². The highest BCUT2D eigenvalue weighted by Gasteiger charge is 2.32. The van der Waals surface area contributed by atoms with Crippen LogP contribution in [0.25, 0.3) is 0 Å². The molecule has 2 N–H and O–H groups in total. The van der Waals surface area contributed by atoms with Gasteiger partial charge in [0.15, 0.2) is 0 Å². The van der Waals surface area contributed by atoms with E-state index in [4.69, 9.17) is 10.5 Å². The average Bonchev–Trinajstić information content (AvgIpc) is 2.16. The molecule has 1 atom stereocenters. The maximum absolute atomic E-state index is 12.4. The van der Waals surface area contributed by atoms with Gasteiger partial charge in [0.25, 0.3) is 0 Å². The molecule has 0 saturated carbocycles. The Labute approximate surface area is 84.8 Å². The molecule has 1 aromatic rings. The molecular formula is C10H10F3NO. The minimum absolute atomic E-state index is 0.365. The van der Waals surface area contributed by atoms with Crippen molar-refractivity contribution >= 4 is 0 Å². The lowest BCUT2D eigenvalue weighted by atomic mass is 9.99. The zero-order valence-corrected chi connectivity index (χ0v) is 7.84. The van der Waals surface area contributed by atoms with Crippen LogP contribution >= 0.6 is 0 Å². The van der Waals surface area contributed by atoms with Gasteiger partial charge in [-0.3, -0.25) is 0 Å². The van der Waals surface area contributed by atoms with Crippen molar-refractivity contribution in [2.24, 2.45) is 5.73 Å². The number of rotatable bonds is 0. The van der Waals surface area contributed by atoms with E-state index in [0.29, 0.717) is 24.3 Å². The molecule has 0 unspecified atom stereocenters. The summed E-state index contributed by atoms with van der Waals surface area (Å²) in [7, 11) is 0. The SMILES string of the molecule is N[C@H]1CCOc2ccc(C(F)(F)F)cc21. The Hall–Kier alpha value is -1.23. The Morgan fingerprint density at radius 3 is 2.73 bits per heavy atom. The summed E-state index contributed by atoms with van der Waals surface area (Å²) < 4.78 is 42.4. The Morgan fingerprint density at radius 1 is 1.33 bits per heavy atom. The summed E-state index contributed by atoms with van der Waals surface area (Å²) in [5.41, 5.74) is 5.47. The second-order valence-electron chi connectivity index (χ2n) is 3.49. The molecular weight excluding hydrogens is 207 g/mol. The number of hydrogen-bond acceptors (Lipinski definition) is 2. The molecule has 0 bridgehead atoms. The smallest absolute Gasteiger partial charge is 0.416 e. The first-order valence-corrected chi connectivity index (χ1v) is 4.58. The highest BCUT2D eigenvalue weighted by atomic mass is 19.4. The third-order valence-corrected chi connectivity index (χ3v) is 2.42. The van der Waals surface area contributed by atoms with Crippen LogP contribution in [-0.2, 0) is 6.18 Å². The molecule has 0 aliphatic carbocycles. The minimum atomic E-state index is -4.33. The zero-order valence-electron chi connectivity index (χ0n) is 7.84. The Morgan fingerprint density at radius 2 is 2.07 bits per heavy atom. The predicted octanol–water partition coefficient (Wildman–Crippen LogP) is 2.49. The number of fused-ring (bicyclic) bond motifs is 1. The van der Waals surface area contributed by atoms with Gasteiger partial charge in [-0.2, -0.15) is 13.2 Å². The standard InChI is InChI=1S/C10H10F3NO/c11-10(12,13)6-1-2-9-7(5-6)8(14)3-4-15-9/h1-2,5,8H,3-4,14H2/t8-/m0/s1. The molecule has 0 fully saturated rings. The topological polar surface area (TPSA) is 35.2 Å². The number of ether oxygens (including phenoxy) is 1. The van der Waals surface area contributed by atoms with Crippen molar-refractivity contribution in [3.63, 3.8) is 0 Å². The van der Waals surface area contributed by atoms with Crippen LogP contribution in [0.5, 0.6) is 5.75 Å². The number of benzene rings is 1. The van der Waals surface area contributed by atoms with Crippen molar-refractivity contribution in [2.45, 2.75) is 18.6 Å². The van der Waals surface area contributed by atoms with Gasteiger partial charge in [-0.05, 0) is 18.2 Å². The zero-order chi connectivity index (χ0) is 11.1. The number of nitrogens with two attached hydrogens (primary N) is 1. The third-order valence-electron chi connectivity index (χ3n) is 2.42.